The molecule has 1 fully saturated rings. The molecule has 0 saturated carbocycles. The number of Topliss-reactive ketones (excluding diaryl/α,β-unsaturated/α-hetero) is 1. The molecule has 6 nitrogen and oxygen atoms in total. The van der Waals surface area contributed by atoms with Crippen LogP contribution in [0.15, 0.2) is 48.5 Å². The molecule has 0 spiro atoms. The maximum atomic E-state index is 12.6. The fourth-order valence-corrected chi connectivity index (χ4v) is 3.42. The molecule has 1 heterocycles. The number of amides is 2. The van der Waals surface area contributed by atoms with Gasteiger partial charge in [-0.3, -0.25) is 19.3 Å². The normalized spacial score (nSPS) is 14.6. The highest BCUT2D eigenvalue weighted by Crippen LogP contribution is 2.18. The van der Waals surface area contributed by atoms with Crippen molar-refractivity contribution in [2.75, 3.05) is 38.0 Å². The summed E-state index contributed by atoms with van der Waals surface area (Å²) in [6.45, 7) is 3.93. The molecule has 2 aromatic carbocycles. The third kappa shape index (κ3) is 4.77. The standard InChI is InChI=1S/C21H22ClN3O3/c1-15(26)16-6-3-5-9-19(16)23-20(27)14-24-10-12-25(13-11-24)21(28)17-7-2-4-8-18(17)22/h2-9H,10-14H2,1H3,(H,23,27). The summed E-state index contributed by atoms with van der Waals surface area (Å²) in [6.07, 6.45) is 0. The summed E-state index contributed by atoms with van der Waals surface area (Å²) in [5, 5.41) is 3.25. The van der Waals surface area contributed by atoms with Gasteiger partial charge in [0.15, 0.2) is 5.78 Å². The van der Waals surface area contributed by atoms with Gasteiger partial charge in [-0.2, -0.15) is 0 Å². The van der Waals surface area contributed by atoms with Crippen LogP contribution in [-0.2, 0) is 4.79 Å². The molecular formula is C21H22ClN3O3. The molecule has 0 radical (unpaired) electrons. The maximum Gasteiger partial charge on any atom is 0.255 e. The number of anilines is 1. The number of para-hydroxylation sites is 1. The number of benzene rings is 2. The minimum Gasteiger partial charge on any atom is -0.336 e. The van der Waals surface area contributed by atoms with Crippen molar-refractivity contribution < 1.29 is 14.4 Å². The van der Waals surface area contributed by atoms with Gasteiger partial charge in [0.05, 0.1) is 22.8 Å². The number of nitrogens with one attached hydrogen (secondary N) is 1. The molecule has 28 heavy (non-hydrogen) atoms. The molecule has 1 N–H and O–H groups in total. The van der Waals surface area contributed by atoms with Crippen molar-refractivity contribution in [2.45, 2.75) is 6.92 Å². The number of hydrogen-bond acceptors (Lipinski definition) is 4. The molecule has 3 rings (SSSR count). The van der Waals surface area contributed by atoms with E-state index >= 15 is 0 Å². The molecule has 0 aromatic heterocycles. The molecule has 2 amide bonds. The number of rotatable bonds is 5. The van der Waals surface area contributed by atoms with Crippen LogP contribution in [0.1, 0.15) is 27.6 Å². The van der Waals surface area contributed by atoms with Gasteiger partial charge < -0.3 is 10.2 Å². The van der Waals surface area contributed by atoms with E-state index in [4.69, 9.17) is 11.6 Å². The number of halogens is 1. The number of ketones is 1. The summed E-state index contributed by atoms with van der Waals surface area (Å²) >= 11 is 6.11. The smallest absolute Gasteiger partial charge is 0.255 e. The predicted octanol–water partition coefficient (Wildman–Crippen LogP) is 2.94. The molecule has 1 aliphatic heterocycles. The Morgan fingerprint density at radius 2 is 1.54 bits per heavy atom. The van der Waals surface area contributed by atoms with Crippen LogP contribution in [-0.4, -0.2) is 60.1 Å². The van der Waals surface area contributed by atoms with E-state index in [1.54, 1.807) is 53.4 Å². The molecule has 0 unspecified atom stereocenters. The van der Waals surface area contributed by atoms with Crippen molar-refractivity contribution in [3.8, 4) is 0 Å². The first-order valence-corrected chi connectivity index (χ1v) is 9.49. The van der Waals surface area contributed by atoms with Crippen LogP contribution in [0.5, 0.6) is 0 Å². The number of hydrogen-bond donors (Lipinski definition) is 1. The van der Waals surface area contributed by atoms with E-state index in [0.717, 1.165) is 0 Å². The lowest BCUT2D eigenvalue weighted by Crippen LogP contribution is -2.50. The molecule has 1 saturated heterocycles. The fraction of sp³-hybridized carbons (Fsp3) is 0.286. The predicted molar refractivity (Wildman–Crippen MR) is 109 cm³/mol. The second-order valence-corrected chi connectivity index (χ2v) is 7.11. The van der Waals surface area contributed by atoms with Gasteiger partial charge in [0.25, 0.3) is 5.91 Å². The van der Waals surface area contributed by atoms with Crippen molar-refractivity contribution in [2.24, 2.45) is 0 Å². The van der Waals surface area contributed by atoms with E-state index in [9.17, 15) is 14.4 Å². The Bertz CT molecular complexity index is 892. The molecule has 0 bridgehead atoms. The Kier molecular flexibility index (Phi) is 6.44. The second kappa shape index (κ2) is 8.99. The summed E-state index contributed by atoms with van der Waals surface area (Å²) in [5.41, 5.74) is 1.51. The van der Waals surface area contributed by atoms with Gasteiger partial charge in [-0.15, -0.1) is 0 Å². The molecule has 7 heteroatoms. The molecular weight excluding hydrogens is 378 g/mol. The molecule has 0 aliphatic carbocycles. The summed E-state index contributed by atoms with van der Waals surface area (Å²) in [7, 11) is 0. The highest BCUT2D eigenvalue weighted by atomic mass is 35.5. The van der Waals surface area contributed by atoms with E-state index in [1.807, 2.05) is 4.90 Å². The Morgan fingerprint density at radius 1 is 0.929 bits per heavy atom. The molecule has 1 aliphatic rings. The van der Waals surface area contributed by atoms with Gasteiger partial charge >= 0.3 is 0 Å². The largest absolute Gasteiger partial charge is 0.336 e. The summed E-state index contributed by atoms with van der Waals surface area (Å²) in [5.74, 6) is -0.368. The minimum absolute atomic E-state index is 0.0925. The quantitative estimate of drug-likeness (QED) is 0.785. The SMILES string of the molecule is CC(=O)c1ccccc1NC(=O)CN1CCN(C(=O)c2ccccc2Cl)CC1. The Morgan fingerprint density at radius 3 is 2.18 bits per heavy atom. The van der Waals surface area contributed by atoms with E-state index < -0.39 is 0 Å². The van der Waals surface area contributed by atoms with Crippen LogP contribution < -0.4 is 5.32 Å². The fourth-order valence-electron chi connectivity index (χ4n) is 3.21. The lowest BCUT2D eigenvalue weighted by Gasteiger charge is -2.34. The molecule has 0 atom stereocenters. The average molecular weight is 400 g/mol. The highest BCUT2D eigenvalue weighted by molar-refractivity contribution is 6.33. The Balaban J connectivity index is 1.53. The van der Waals surface area contributed by atoms with Gasteiger partial charge in [-0.25, -0.2) is 0 Å². The van der Waals surface area contributed by atoms with Crippen LogP contribution in [0.25, 0.3) is 0 Å². The molecule has 146 valence electrons. The zero-order chi connectivity index (χ0) is 20.1. The first-order valence-electron chi connectivity index (χ1n) is 9.11. The van der Waals surface area contributed by atoms with Gasteiger partial charge in [-0.1, -0.05) is 35.9 Å². The van der Waals surface area contributed by atoms with Crippen molar-refractivity contribution in [3.63, 3.8) is 0 Å². The molecule has 2 aromatic rings. The summed E-state index contributed by atoms with van der Waals surface area (Å²) < 4.78 is 0. The summed E-state index contributed by atoms with van der Waals surface area (Å²) in [6, 6.07) is 14.0. The zero-order valence-corrected chi connectivity index (χ0v) is 16.4. The van der Waals surface area contributed by atoms with Gasteiger partial charge in [0.2, 0.25) is 5.91 Å². The van der Waals surface area contributed by atoms with E-state index in [0.29, 0.717) is 48.0 Å². The zero-order valence-electron chi connectivity index (χ0n) is 15.7. The average Bonchev–Trinajstić information content (AvgIpc) is 2.68. The lowest BCUT2D eigenvalue weighted by atomic mass is 10.1. The first kappa shape index (κ1) is 20.0. The highest BCUT2D eigenvalue weighted by Gasteiger charge is 2.24. The number of piperazine rings is 1. The van der Waals surface area contributed by atoms with Crippen molar-refractivity contribution in [3.05, 3.63) is 64.7 Å². The Labute approximate surface area is 169 Å². The van der Waals surface area contributed by atoms with Crippen LogP contribution in [0.2, 0.25) is 5.02 Å². The van der Waals surface area contributed by atoms with Crippen molar-refractivity contribution >= 4 is 34.9 Å². The minimum atomic E-state index is -0.181. The van der Waals surface area contributed by atoms with Gasteiger partial charge in [-0.05, 0) is 31.2 Å². The van der Waals surface area contributed by atoms with Crippen LogP contribution >= 0.6 is 11.6 Å². The third-order valence-corrected chi connectivity index (χ3v) is 5.04. The first-order chi connectivity index (χ1) is 13.5. The second-order valence-electron chi connectivity index (χ2n) is 6.70. The van der Waals surface area contributed by atoms with Crippen LogP contribution in [0.4, 0.5) is 5.69 Å². The number of nitrogens with zero attached hydrogens (tertiary/aromatic N) is 2. The topological polar surface area (TPSA) is 69.7 Å². The number of carbonyl (C=O) groups is 3. The van der Waals surface area contributed by atoms with Gasteiger partial charge in [0, 0.05) is 31.7 Å². The van der Waals surface area contributed by atoms with Gasteiger partial charge in [0.1, 0.15) is 0 Å². The van der Waals surface area contributed by atoms with E-state index in [1.165, 1.54) is 6.92 Å². The summed E-state index contributed by atoms with van der Waals surface area (Å²) in [4.78, 5) is 40.4. The maximum absolute atomic E-state index is 12.6. The monoisotopic (exact) mass is 399 g/mol. The Hall–Kier alpha value is -2.70. The van der Waals surface area contributed by atoms with Crippen LogP contribution in [0, 0.1) is 0 Å². The third-order valence-electron chi connectivity index (χ3n) is 4.71. The van der Waals surface area contributed by atoms with Crippen molar-refractivity contribution in [1.82, 2.24) is 9.80 Å². The lowest BCUT2D eigenvalue weighted by molar-refractivity contribution is -0.117. The van der Waals surface area contributed by atoms with E-state index in [-0.39, 0.29) is 24.1 Å². The van der Waals surface area contributed by atoms with E-state index in [2.05, 4.69) is 5.32 Å². The number of carbonyl (C=O) groups excluding carboxylic acids is 3. The van der Waals surface area contributed by atoms with Crippen LogP contribution in [0.3, 0.4) is 0 Å². The van der Waals surface area contributed by atoms with Crippen molar-refractivity contribution in [1.29, 1.82) is 0 Å².